The highest BCUT2D eigenvalue weighted by atomic mass is 35.5. The molecule has 0 amide bonds. The summed E-state index contributed by atoms with van der Waals surface area (Å²) in [6, 6.07) is 4.57. The van der Waals surface area contributed by atoms with E-state index in [1.165, 1.54) is 12.1 Å². The van der Waals surface area contributed by atoms with Crippen LogP contribution in [0.15, 0.2) is 18.2 Å². The first-order valence-corrected chi connectivity index (χ1v) is 4.58. The smallest absolute Gasteiger partial charge is 0.125 e. The van der Waals surface area contributed by atoms with Crippen molar-refractivity contribution in [2.75, 3.05) is 13.6 Å². The molecule has 0 spiro atoms. The van der Waals surface area contributed by atoms with Gasteiger partial charge < -0.3 is 10.3 Å². The zero-order valence-electron chi connectivity index (χ0n) is 8.79. The molecule has 1 aromatic heterocycles. The number of likely N-dealkylation sites (N-methyl/N-ethyl adjacent to an activating group) is 1. The summed E-state index contributed by atoms with van der Waals surface area (Å²) in [5.74, 6) is 0.654. The number of aromatic nitrogens is 2. The Labute approximate surface area is 106 Å². The number of benzene rings is 1. The lowest BCUT2D eigenvalue weighted by Crippen LogP contribution is -2.10. The molecule has 6 heteroatoms. The minimum Gasteiger partial charge on any atom is -0.342 e. The Kier molecular flexibility index (Phi) is 6.33. The third-order valence-corrected chi connectivity index (χ3v) is 2.10. The fourth-order valence-electron chi connectivity index (χ4n) is 1.40. The van der Waals surface area contributed by atoms with Crippen molar-refractivity contribution < 1.29 is 4.39 Å². The molecule has 1 aromatic carbocycles. The summed E-state index contributed by atoms with van der Waals surface area (Å²) in [5.41, 5.74) is 1.58. The van der Waals surface area contributed by atoms with Crippen LogP contribution in [0.4, 0.5) is 4.39 Å². The van der Waals surface area contributed by atoms with Gasteiger partial charge in [0.1, 0.15) is 11.6 Å². The van der Waals surface area contributed by atoms with Gasteiger partial charge in [0.15, 0.2) is 0 Å². The standard InChI is InChI=1S/C10H12FN3.2ClH/c1-12-5-4-10-13-8-3-2-7(11)6-9(8)14-10;;/h2-3,6,12H,4-5H2,1H3,(H,13,14);2*1H. The third-order valence-electron chi connectivity index (χ3n) is 2.10. The van der Waals surface area contributed by atoms with Gasteiger partial charge in [-0.25, -0.2) is 9.37 Å². The average Bonchev–Trinajstić information content (AvgIpc) is 2.56. The van der Waals surface area contributed by atoms with Crippen molar-refractivity contribution in [3.05, 3.63) is 29.8 Å². The van der Waals surface area contributed by atoms with Crippen molar-refractivity contribution in [3.63, 3.8) is 0 Å². The van der Waals surface area contributed by atoms with Crippen LogP contribution in [0.1, 0.15) is 5.82 Å². The van der Waals surface area contributed by atoms with Crippen LogP contribution in [0, 0.1) is 5.82 Å². The number of aromatic amines is 1. The molecule has 0 fully saturated rings. The molecule has 0 aliphatic carbocycles. The molecule has 0 aliphatic rings. The van der Waals surface area contributed by atoms with E-state index < -0.39 is 0 Å². The SMILES string of the molecule is CNCCc1nc2ccc(F)cc2[nH]1.Cl.Cl. The van der Waals surface area contributed by atoms with Crippen LogP contribution in [-0.2, 0) is 6.42 Å². The highest BCUT2D eigenvalue weighted by molar-refractivity contribution is 5.85. The minimum atomic E-state index is -0.235. The Morgan fingerprint density at radius 3 is 2.81 bits per heavy atom. The van der Waals surface area contributed by atoms with Crippen molar-refractivity contribution in [2.45, 2.75) is 6.42 Å². The number of H-pyrrole nitrogens is 1. The lowest BCUT2D eigenvalue weighted by atomic mass is 10.3. The van der Waals surface area contributed by atoms with Gasteiger partial charge in [-0.2, -0.15) is 0 Å². The molecular formula is C10H14Cl2FN3. The monoisotopic (exact) mass is 265 g/mol. The molecule has 2 N–H and O–H groups in total. The lowest BCUT2D eigenvalue weighted by Gasteiger charge is -1.93. The number of hydrogen-bond donors (Lipinski definition) is 2. The maximum atomic E-state index is 12.8. The van der Waals surface area contributed by atoms with Crippen molar-refractivity contribution in [1.29, 1.82) is 0 Å². The summed E-state index contributed by atoms with van der Waals surface area (Å²) in [6.07, 6.45) is 0.826. The topological polar surface area (TPSA) is 40.7 Å². The molecular weight excluding hydrogens is 252 g/mol. The molecule has 3 nitrogen and oxygen atoms in total. The van der Waals surface area contributed by atoms with Crippen molar-refractivity contribution in [1.82, 2.24) is 15.3 Å². The van der Waals surface area contributed by atoms with Gasteiger partial charge in [0.05, 0.1) is 11.0 Å². The Morgan fingerprint density at radius 2 is 2.12 bits per heavy atom. The number of nitrogens with zero attached hydrogens (tertiary/aromatic N) is 1. The van der Waals surface area contributed by atoms with E-state index in [9.17, 15) is 4.39 Å². The average molecular weight is 266 g/mol. The van der Waals surface area contributed by atoms with Crippen LogP contribution in [0.3, 0.4) is 0 Å². The molecule has 16 heavy (non-hydrogen) atoms. The molecule has 1 heterocycles. The molecule has 0 aliphatic heterocycles. The lowest BCUT2D eigenvalue weighted by molar-refractivity contribution is 0.629. The van der Waals surface area contributed by atoms with Crippen molar-refractivity contribution in [3.8, 4) is 0 Å². The largest absolute Gasteiger partial charge is 0.342 e. The predicted molar refractivity (Wildman–Crippen MR) is 68.2 cm³/mol. The Morgan fingerprint density at radius 1 is 1.38 bits per heavy atom. The zero-order valence-corrected chi connectivity index (χ0v) is 10.4. The molecule has 2 aromatic rings. The number of fused-ring (bicyclic) bond motifs is 1. The van der Waals surface area contributed by atoms with Crippen LogP contribution in [-0.4, -0.2) is 23.6 Å². The quantitative estimate of drug-likeness (QED) is 0.895. The van der Waals surface area contributed by atoms with Crippen LogP contribution in [0.25, 0.3) is 11.0 Å². The number of nitrogens with one attached hydrogen (secondary N) is 2. The summed E-state index contributed by atoms with van der Waals surface area (Å²) in [7, 11) is 1.89. The molecule has 0 saturated heterocycles. The van der Waals surface area contributed by atoms with Crippen molar-refractivity contribution >= 4 is 35.8 Å². The first-order valence-electron chi connectivity index (χ1n) is 4.58. The van der Waals surface area contributed by atoms with Gasteiger partial charge in [-0.1, -0.05) is 0 Å². The number of imidazole rings is 1. The van der Waals surface area contributed by atoms with Crippen LogP contribution in [0.2, 0.25) is 0 Å². The van der Waals surface area contributed by atoms with E-state index in [-0.39, 0.29) is 30.6 Å². The highest BCUT2D eigenvalue weighted by Crippen LogP contribution is 2.12. The van der Waals surface area contributed by atoms with Crippen LogP contribution in [0.5, 0.6) is 0 Å². The maximum Gasteiger partial charge on any atom is 0.125 e. The fraction of sp³-hybridized carbons (Fsp3) is 0.300. The maximum absolute atomic E-state index is 12.8. The van der Waals surface area contributed by atoms with Gasteiger partial charge in [0.25, 0.3) is 0 Å². The second kappa shape index (κ2) is 6.68. The van der Waals surface area contributed by atoms with Gasteiger partial charge in [0, 0.05) is 13.0 Å². The molecule has 0 saturated carbocycles. The van der Waals surface area contributed by atoms with Gasteiger partial charge >= 0.3 is 0 Å². The summed E-state index contributed by atoms with van der Waals surface area (Å²) < 4.78 is 12.8. The van der Waals surface area contributed by atoms with E-state index in [1.807, 2.05) is 7.05 Å². The Balaban J connectivity index is 0.00000112. The summed E-state index contributed by atoms with van der Waals surface area (Å²) in [6.45, 7) is 0.863. The van der Waals surface area contributed by atoms with E-state index >= 15 is 0 Å². The first-order chi connectivity index (χ1) is 6.79. The predicted octanol–water partition coefficient (Wildman–Crippen LogP) is 2.31. The molecule has 0 radical (unpaired) electrons. The molecule has 0 bridgehead atoms. The molecule has 0 atom stereocenters. The van der Waals surface area contributed by atoms with Gasteiger partial charge in [-0.15, -0.1) is 24.8 Å². The van der Waals surface area contributed by atoms with E-state index in [0.29, 0.717) is 0 Å². The Bertz CT molecular complexity index is 445. The minimum absolute atomic E-state index is 0. The van der Waals surface area contributed by atoms with Gasteiger partial charge in [0.2, 0.25) is 0 Å². The molecule has 0 unspecified atom stereocenters. The first kappa shape index (κ1) is 15.2. The van der Waals surface area contributed by atoms with E-state index in [0.717, 1.165) is 29.8 Å². The van der Waals surface area contributed by atoms with E-state index in [2.05, 4.69) is 15.3 Å². The van der Waals surface area contributed by atoms with E-state index in [1.54, 1.807) is 6.07 Å². The summed E-state index contributed by atoms with van der Waals surface area (Å²) >= 11 is 0. The van der Waals surface area contributed by atoms with Crippen LogP contribution < -0.4 is 5.32 Å². The summed E-state index contributed by atoms with van der Waals surface area (Å²) in [5, 5.41) is 3.04. The van der Waals surface area contributed by atoms with Crippen LogP contribution >= 0.6 is 24.8 Å². The van der Waals surface area contributed by atoms with Gasteiger partial charge in [-0.3, -0.25) is 0 Å². The molecule has 90 valence electrons. The second-order valence-electron chi connectivity index (χ2n) is 3.20. The van der Waals surface area contributed by atoms with Crippen molar-refractivity contribution in [2.24, 2.45) is 0 Å². The normalized spacial score (nSPS) is 9.62. The number of halogens is 3. The Hall–Kier alpha value is -0.840. The number of rotatable bonds is 3. The fourth-order valence-corrected chi connectivity index (χ4v) is 1.40. The zero-order chi connectivity index (χ0) is 9.97. The second-order valence-corrected chi connectivity index (χ2v) is 3.20. The summed E-state index contributed by atoms with van der Waals surface area (Å²) in [4.78, 5) is 7.41. The van der Waals surface area contributed by atoms with Gasteiger partial charge in [-0.05, 0) is 25.2 Å². The number of hydrogen-bond acceptors (Lipinski definition) is 2. The highest BCUT2D eigenvalue weighted by Gasteiger charge is 2.02. The molecule has 2 rings (SSSR count). The third kappa shape index (κ3) is 3.33. The van der Waals surface area contributed by atoms with E-state index in [4.69, 9.17) is 0 Å².